The number of aryl methyl sites for hydroxylation is 1. The number of halogens is 1. The third-order valence-corrected chi connectivity index (χ3v) is 2.83. The molecular weight excluding hydrogens is 228 g/mol. The first-order valence-electron chi connectivity index (χ1n) is 5.27. The summed E-state index contributed by atoms with van der Waals surface area (Å²) in [6.45, 7) is 2.35. The number of nitrogens with one attached hydrogen (secondary N) is 1. The summed E-state index contributed by atoms with van der Waals surface area (Å²) in [6.07, 6.45) is 3.86. The van der Waals surface area contributed by atoms with Gasteiger partial charge in [0.15, 0.2) is 5.76 Å². The Hall–Kier alpha value is -1.00. The van der Waals surface area contributed by atoms with Crippen molar-refractivity contribution in [3.8, 4) is 0 Å². The lowest BCUT2D eigenvalue weighted by atomic mass is 10.1. The van der Waals surface area contributed by atoms with E-state index in [1.165, 1.54) is 19.1 Å². The Balaban J connectivity index is 0.00000128. The molecule has 1 amide bonds. The highest BCUT2D eigenvalue weighted by Crippen LogP contribution is 2.32. The van der Waals surface area contributed by atoms with Crippen molar-refractivity contribution in [1.82, 2.24) is 5.32 Å². The van der Waals surface area contributed by atoms with Gasteiger partial charge in [-0.2, -0.15) is 0 Å². The van der Waals surface area contributed by atoms with Crippen LogP contribution in [0.15, 0.2) is 16.7 Å². The summed E-state index contributed by atoms with van der Waals surface area (Å²) in [7, 11) is 0. The normalized spacial score (nSPS) is 16.4. The Kier molecular flexibility index (Phi) is 4.38. The van der Waals surface area contributed by atoms with Gasteiger partial charge in [0.25, 0.3) is 5.91 Å². The minimum Gasteiger partial charge on any atom is -0.459 e. The first kappa shape index (κ1) is 13.1. The summed E-state index contributed by atoms with van der Waals surface area (Å²) in [5.41, 5.74) is 6.47. The maximum atomic E-state index is 11.8. The average Bonchev–Trinajstić information content (AvgIpc) is 2.97. The average molecular weight is 245 g/mol. The summed E-state index contributed by atoms with van der Waals surface area (Å²) in [5.74, 6) is 0.808. The van der Waals surface area contributed by atoms with Crippen LogP contribution in [0.25, 0.3) is 0 Å². The molecule has 3 N–H and O–H groups in total. The van der Waals surface area contributed by atoms with E-state index in [2.05, 4.69) is 5.32 Å². The quantitative estimate of drug-likeness (QED) is 0.843. The standard InChI is InChI=1S/C11H16N2O2.ClH/c1-7-4-5-15-10(7)11(14)13-9(6-12)8-2-3-8;/h4-5,8-9H,2-3,6,12H2,1H3,(H,13,14);1H. The second-order valence-corrected chi connectivity index (χ2v) is 4.09. The molecule has 1 aromatic heterocycles. The highest BCUT2D eigenvalue weighted by Gasteiger charge is 2.32. The molecule has 16 heavy (non-hydrogen) atoms. The molecular formula is C11H17ClN2O2. The number of hydrogen-bond donors (Lipinski definition) is 2. The molecule has 1 aliphatic rings. The van der Waals surface area contributed by atoms with E-state index in [0.717, 1.165) is 5.56 Å². The van der Waals surface area contributed by atoms with Crippen LogP contribution in [0, 0.1) is 12.8 Å². The zero-order valence-corrected chi connectivity index (χ0v) is 10.0. The molecule has 0 aromatic carbocycles. The van der Waals surface area contributed by atoms with Gasteiger partial charge in [-0.05, 0) is 31.7 Å². The largest absolute Gasteiger partial charge is 0.459 e. The predicted molar refractivity (Wildman–Crippen MR) is 63.7 cm³/mol. The van der Waals surface area contributed by atoms with Gasteiger partial charge >= 0.3 is 0 Å². The number of nitrogens with two attached hydrogens (primary N) is 1. The van der Waals surface area contributed by atoms with Gasteiger partial charge in [0.1, 0.15) is 0 Å². The van der Waals surface area contributed by atoms with Crippen molar-refractivity contribution in [3.05, 3.63) is 23.7 Å². The van der Waals surface area contributed by atoms with Gasteiger partial charge < -0.3 is 15.5 Å². The van der Waals surface area contributed by atoms with Gasteiger partial charge in [0.2, 0.25) is 0 Å². The van der Waals surface area contributed by atoms with Crippen molar-refractivity contribution in [2.75, 3.05) is 6.54 Å². The third-order valence-electron chi connectivity index (χ3n) is 2.83. The number of carbonyl (C=O) groups is 1. The molecule has 2 rings (SSSR count). The Labute approximate surface area is 101 Å². The van der Waals surface area contributed by atoms with E-state index in [0.29, 0.717) is 18.2 Å². The number of carbonyl (C=O) groups excluding carboxylic acids is 1. The fourth-order valence-electron chi connectivity index (χ4n) is 1.71. The van der Waals surface area contributed by atoms with E-state index in [-0.39, 0.29) is 24.4 Å². The van der Waals surface area contributed by atoms with Gasteiger partial charge in [0, 0.05) is 18.2 Å². The van der Waals surface area contributed by atoms with Crippen LogP contribution in [0.4, 0.5) is 0 Å². The van der Waals surface area contributed by atoms with Crippen LogP contribution >= 0.6 is 12.4 Å². The Morgan fingerprint density at radius 3 is 2.81 bits per heavy atom. The highest BCUT2D eigenvalue weighted by molar-refractivity contribution is 5.93. The van der Waals surface area contributed by atoms with E-state index in [1.807, 2.05) is 6.92 Å². The van der Waals surface area contributed by atoms with Gasteiger partial charge in [-0.3, -0.25) is 4.79 Å². The van der Waals surface area contributed by atoms with Crippen molar-refractivity contribution >= 4 is 18.3 Å². The summed E-state index contributed by atoms with van der Waals surface area (Å²) in [6, 6.07) is 1.88. The molecule has 1 fully saturated rings. The van der Waals surface area contributed by atoms with Crippen LogP contribution in [0.1, 0.15) is 29.0 Å². The Morgan fingerprint density at radius 1 is 1.69 bits per heavy atom. The van der Waals surface area contributed by atoms with Crippen LogP contribution in [-0.4, -0.2) is 18.5 Å². The van der Waals surface area contributed by atoms with Gasteiger partial charge in [-0.15, -0.1) is 12.4 Å². The van der Waals surface area contributed by atoms with E-state index >= 15 is 0 Å². The molecule has 0 radical (unpaired) electrons. The van der Waals surface area contributed by atoms with E-state index < -0.39 is 0 Å². The summed E-state index contributed by atoms with van der Waals surface area (Å²) in [5, 5.41) is 2.91. The fraction of sp³-hybridized carbons (Fsp3) is 0.545. The first-order chi connectivity index (χ1) is 7.22. The molecule has 1 aromatic rings. The van der Waals surface area contributed by atoms with Crippen LogP contribution < -0.4 is 11.1 Å². The second kappa shape index (κ2) is 5.37. The zero-order chi connectivity index (χ0) is 10.8. The third kappa shape index (κ3) is 2.77. The van der Waals surface area contributed by atoms with E-state index in [4.69, 9.17) is 10.2 Å². The molecule has 1 unspecified atom stereocenters. The van der Waals surface area contributed by atoms with Gasteiger partial charge in [-0.25, -0.2) is 0 Å². The molecule has 0 saturated heterocycles. The van der Waals surface area contributed by atoms with Crippen molar-refractivity contribution < 1.29 is 9.21 Å². The number of rotatable bonds is 4. The molecule has 0 aliphatic heterocycles. The monoisotopic (exact) mass is 244 g/mol. The molecule has 0 bridgehead atoms. The maximum Gasteiger partial charge on any atom is 0.287 e. The van der Waals surface area contributed by atoms with Crippen molar-refractivity contribution in [1.29, 1.82) is 0 Å². The maximum absolute atomic E-state index is 11.8. The van der Waals surface area contributed by atoms with E-state index in [1.54, 1.807) is 6.07 Å². The molecule has 1 heterocycles. The lowest BCUT2D eigenvalue weighted by Crippen LogP contribution is -2.41. The minimum absolute atomic E-state index is 0. The molecule has 5 heteroatoms. The number of furan rings is 1. The van der Waals surface area contributed by atoms with Crippen molar-refractivity contribution in [3.63, 3.8) is 0 Å². The smallest absolute Gasteiger partial charge is 0.287 e. The SMILES string of the molecule is Cc1ccoc1C(=O)NC(CN)C1CC1.Cl. The first-order valence-corrected chi connectivity index (χ1v) is 5.27. The lowest BCUT2D eigenvalue weighted by Gasteiger charge is -2.15. The van der Waals surface area contributed by atoms with Crippen LogP contribution in [-0.2, 0) is 0 Å². The second-order valence-electron chi connectivity index (χ2n) is 4.09. The molecule has 4 nitrogen and oxygen atoms in total. The molecule has 0 spiro atoms. The lowest BCUT2D eigenvalue weighted by molar-refractivity contribution is 0.0904. The van der Waals surface area contributed by atoms with Gasteiger partial charge in [-0.1, -0.05) is 0 Å². The molecule has 1 aliphatic carbocycles. The number of hydrogen-bond acceptors (Lipinski definition) is 3. The zero-order valence-electron chi connectivity index (χ0n) is 9.23. The summed E-state index contributed by atoms with van der Waals surface area (Å²) < 4.78 is 5.12. The van der Waals surface area contributed by atoms with Crippen molar-refractivity contribution in [2.45, 2.75) is 25.8 Å². The van der Waals surface area contributed by atoms with Gasteiger partial charge in [0.05, 0.1) is 6.26 Å². The topological polar surface area (TPSA) is 68.3 Å². The molecule has 1 atom stereocenters. The van der Waals surface area contributed by atoms with Crippen LogP contribution in [0.5, 0.6) is 0 Å². The molecule has 1 saturated carbocycles. The predicted octanol–water partition coefficient (Wildman–Crippen LogP) is 1.48. The molecule has 90 valence electrons. The minimum atomic E-state index is -0.153. The fourth-order valence-corrected chi connectivity index (χ4v) is 1.71. The highest BCUT2D eigenvalue weighted by atomic mass is 35.5. The van der Waals surface area contributed by atoms with Crippen LogP contribution in [0.3, 0.4) is 0 Å². The van der Waals surface area contributed by atoms with Crippen LogP contribution in [0.2, 0.25) is 0 Å². The van der Waals surface area contributed by atoms with E-state index in [9.17, 15) is 4.79 Å². The Morgan fingerprint density at radius 2 is 2.38 bits per heavy atom. The summed E-state index contributed by atoms with van der Waals surface area (Å²) >= 11 is 0. The van der Waals surface area contributed by atoms with Crippen molar-refractivity contribution in [2.24, 2.45) is 11.7 Å². The Bertz CT molecular complexity index is 361. The summed E-state index contributed by atoms with van der Waals surface area (Å²) in [4.78, 5) is 11.8. The number of amides is 1.